The number of carbonyl (C=O) groups excluding carboxylic acids is 2. The van der Waals surface area contributed by atoms with Crippen molar-refractivity contribution in [2.45, 2.75) is 11.2 Å². The molecule has 0 spiro atoms. The average Bonchev–Trinajstić information content (AvgIpc) is 2.83. The van der Waals surface area contributed by atoms with Crippen molar-refractivity contribution in [3.8, 4) is 0 Å². The molecule has 0 aromatic carbocycles. The molecule has 1 aliphatic heterocycles. The second-order valence-electron chi connectivity index (χ2n) is 3.43. The number of anilines is 1. The normalized spacial score (nSPS) is 20.2. The molecule has 1 N–H and O–H groups in total. The van der Waals surface area contributed by atoms with Crippen molar-refractivity contribution in [2.75, 3.05) is 18.6 Å². The smallest absolute Gasteiger partial charge is 0.358 e. The van der Waals surface area contributed by atoms with Gasteiger partial charge in [-0.15, -0.1) is 0 Å². The van der Waals surface area contributed by atoms with E-state index in [1.54, 1.807) is 0 Å². The number of methoxy groups -OCH3 is 1. The maximum Gasteiger partial charge on any atom is 0.358 e. The summed E-state index contributed by atoms with van der Waals surface area (Å²) in [6.07, 6.45) is 1.88. The van der Waals surface area contributed by atoms with Crippen molar-refractivity contribution in [1.29, 1.82) is 0 Å². The summed E-state index contributed by atoms with van der Waals surface area (Å²) in [7, 11) is 1.28. The first-order valence-corrected chi connectivity index (χ1v) is 5.61. The summed E-state index contributed by atoms with van der Waals surface area (Å²) >= 11 is 3.37. The van der Waals surface area contributed by atoms with Gasteiger partial charge in [0.25, 0.3) is 0 Å². The first-order valence-electron chi connectivity index (χ1n) is 4.69. The number of H-pyrrole nitrogens is 1. The second-order valence-corrected chi connectivity index (χ2v) is 4.72. The minimum atomic E-state index is -0.529. The van der Waals surface area contributed by atoms with E-state index in [2.05, 4.69) is 30.9 Å². The Balaban J connectivity index is 2.31. The standard InChI is InChI=1S/C9H10BrN3O3/c1-16-9(15)8-6(3-11-12-8)13-4-5(10)2-7(13)14/h3,5H,2,4H2,1H3,(H,11,12). The molecule has 1 atom stereocenters. The Labute approximate surface area is 100 Å². The highest BCUT2D eigenvalue weighted by Crippen LogP contribution is 2.27. The number of nitrogens with one attached hydrogen (secondary N) is 1. The van der Waals surface area contributed by atoms with E-state index in [0.29, 0.717) is 18.7 Å². The van der Waals surface area contributed by atoms with Gasteiger partial charge in [0.2, 0.25) is 5.91 Å². The monoisotopic (exact) mass is 287 g/mol. The van der Waals surface area contributed by atoms with Crippen molar-refractivity contribution in [3.63, 3.8) is 0 Å². The lowest BCUT2D eigenvalue weighted by molar-refractivity contribution is -0.117. The molecule has 0 saturated carbocycles. The molecule has 7 heteroatoms. The summed E-state index contributed by atoms with van der Waals surface area (Å²) in [4.78, 5) is 24.7. The van der Waals surface area contributed by atoms with Crippen LogP contribution in [-0.4, -0.2) is 40.6 Å². The van der Waals surface area contributed by atoms with Crippen LogP contribution in [0.25, 0.3) is 0 Å². The first-order chi connectivity index (χ1) is 7.63. The van der Waals surface area contributed by atoms with Gasteiger partial charge in [0.05, 0.1) is 19.0 Å². The Morgan fingerprint density at radius 3 is 3.06 bits per heavy atom. The van der Waals surface area contributed by atoms with Gasteiger partial charge in [-0.2, -0.15) is 5.10 Å². The van der Waals surface area contributed by atoms with Crippen LogP contribution in [0.1, 0.15) is 16.9 Å². The first kappa shape index (κ1) is 11.1. The van der Waals surface area contributed by atoms with Crippen LogP contribution in [-0.2, 0) is 9.53 Å². The molecule has 1 aliphatic rings. The van der Waals surface area contributed by atoms with E-state index < -0.39 is 5.97 Å². The molecule has 86 valence electrons. The molecule has 2 rings (SSSR count). The number of hydrogen-bond acceptors (Lipinski definition) is 4. The molecule has 16 heavy (non-hydrogen) atoms. The van der Waals surface area contributed by atoms with Gasteiger partial charge in [-0.3, -0.25) is 9.89 Å². The van der Waals surface area contributed by atoms with Gasteiger partial charge < -0.3 is 9.64 Å². The topological polar surface area (TPSA) is 75.3 Å². The fraction of sp³-hybridized carbons (Fsp3) is 0.444. The number of carbonyl (C=O) groups is 2. The van der Waals surface area contributed by atoms with Crippen LogP contribution < -0.4 is 4.90 Å². The van der Waals surface area contributed by atoms with Gasteiger partial charge >= 0.3 is 5.97 Å². The summed E-state index contributed by atoms with van der Waals surface area (Å²) < 4.78 is 4.60. The Bertz CT molecular complexity index is 431. The maximum absolute atomic E-state index is 11.6. The number of rotatable bonds is 2. The predicted molar refractivity (Wildman–Crippen MR) is 59.6 cm³/mol. The SMILES string of the molecule is COC(=O)c1[nH]ncc1N1CC(Br)CC1=O. The van der Waals surface area contributed by atoms with Crippen molar-refractivity contribution >= 4 is 33.5 Å². The van der Waals surface area contributed by atoms with Gasteiger partial charge in [-0.05, 0) is 0 Å². The molecule has 1 aromatic rings. The quantitative estimate of drug-likeness (QED) is 0.642. The number of amides is 1. The number of hydrogen-bond donors (Lipinski definition) is 1. The van der Waals surface area contributed by atoms with E-state index in [4.69, 9.17) is 0 Å². The Morgan fingerprint density at radius 2 is 2.50 bits per heavy atom. The molecule has 2 heterocycles. The molecule has 1 unspecified atom stereocenters. The van der Waals surface area contributed by atoms with E-state index in [9.17, 15) is 9.59 Å². The molecule has 1 amide bonds. The number of esters is 1. The second kappa shape index (κ2) is 4.25. The van der Waals surface area contributed by atoms with Crippen molar-refractivity contribution in [1.82, 2.24) is 10.2 Å². The summed E-state index contributed by atoms with van der Waals surface area (Å²) in [5, 5.41) is 6.30. The number of ether oxygens (including phenoxy) is 1. The van der Waals surface area contributed by atoms with Crippen molar-refractivity contribution in [3.05, 3.63) is 11.9 Å². The fourth-order valence-electron chi connectivity index (χ4n) is 1.63. The largest absolute Gasteiger partial charge is 0.464 e. The van der Waals surface area contributed by atoms with Crippen LogP contribution >= 0.6 is 15.9 Å². The van der Waals surface area contributed by atoms with Crippen molar-refractivity contribution < 1.29 is 14.3 Å². The Hall–Kier alpha value is -1.37. The number of aromatic nitrogens is 2. The van der Waals surface area contributed by atoms with E-state index in [0.717, 1.165) is 0 Å². The highest BCUT2D eigenvalue weighted by Gasteiger charge is 2.32. The van der Waals surface area contributed by atoms with E-state index in [1.807, 2.05) is 0 Å². The van der Waals surface area contributed by atoms with E-state index >= 15 is 0 Å². The van der Waals surface area contributed by atoms with Crippen LogP contribution in [0.5, 0.6) is 0 Å². The number of aromatic amines is 1. The molecule has 6 nitrogen and oxygen atoms in total. The fourth-order valence-corrected chi connectivity index (χ4v) is 2.20. The van der Waals surface area contributed by atoms with Gasteiger partial charge in [0.15, 0.2) is 5.69 Å². The predicted octanol–water partition coefficient (Wildman–Crippen LogP) is 0.696. The van der Waals surface area contributed by atoms with Gasteiger partial charge in [-0.25, -0.2) is 4.79 Å². The van der Waals surface area contributed by atoms with Crippen LogP contribution in [0.15, 0.2) is 6.20 Å². The summed E-state index contributed by atoms with van der Waals surface area (Å²) in [5.74, 6) is -0.563. The van der Waals surface area contributed by atoms with Gasteiger partial charge in [-0.1, -0.05) is 15.9 Å². The number of nitrogens with zero attached hydrogens (tertiary/aromatic N) is 2. The lowest BCUT2D eigenvalue weighted by atomic mass is 10.3. The van der Waals surface area contributed by atoms with Crippen molar-refractivity contribution in [2.24, 2.45) is 0 Å². The van der Waals surface area contributed by atoms with Gasteiger partial charge in [0, 0.05) is 17.8 Å². The summed E-state index contributed by atoms with van der Waals surface area (Å²) in [6, 6.07) is 0. The molecule has 0 bridgehead atoms. The average molecular weight is 288 g/mol. The zero-order valence-electron chi connectivity index (χ0n) is 8.57. The summed E-state index contributed by atoms with van der Waals surface area (Å²) in [6.45, 7) is 0.530. The third-order valence-corrected chi connectivity index (χ3v) is 2.99. The molecule has 1 fully saturated rings. The Kier molecular flexibility index (Phi) is 2.95. The van der Waals surface area contributed by atoms with Crippen LogP contribution in [0.4, 0.5) is 5.69 Å². The lowest BCUT2D eigenvalue weighted by Crippen LogP contribution is -2.26. The third kappa shape index (κ3) is 1.82. The number of halogens is 1. The van der Waals surface area contributed by atoms with E-state index in [-0.39, 0.29) is 16.4 Å². The molecule has 1 aromatic heterocycles. The zero-order valence-corrected chi connectivity index (χ0v) is 10.2. The Morgan fingerprint density at radius 1 is 1.75 bits per heavy atom. The minimum absolute atomic E-state index is 0.0339. The van der Waals surface area contributed by atoms with Crippen LogP contribution in [0, 0.1) is 0 Å². The lowest BCUT2D eigenvalue weighted by Gasteiger charge is -2.14. The maximum atomic E-state index is 11.6. The number of alkyl halides is 1. The minimum Gasteiger partial charge on any atom is -0.464 e. The molecular formula is C9H10BrN3O3. The molecular weight excluding hydrogens is 278 g/mol. The molecule has 1 saturated heterocycles. The van der Waals surface area contributed by atoms with Crippen LogP contribution in [0.3, 0.4) is 0 Å². The third-order valence-electron chi connectivity index (χ3n) is 2.38. The highest BCUT2D eigenvalue weighted by atomic mass is 79.9. The zero-order chi connectivity index (χ0) is 11.7. The summed E-state index contributed by atoms with van der Waals surface area (Å²) in [5.41, 5.74) is 0.677. The van der Waals surface area contributed by atoms with Crippen LogP contribution in [0.2, 0.25) is 0 Å². The highest BCUT2D eigenvalue weighted by molar-refractivity contribution is 9.09. The molecule has 0 aliphatic carbocycles. The van der Waals surface area contributed by atoms with E-state index in [1.165, 1.54) is 18.2 Å². The molecule has 0 radical (unpaired) electrons. The van der Waals surface area contributed by atoms with Gasteiger partial charge in [0.1, 0.15) is 0 Å².